The SMILES string of the molecule is CCOC(=O)[C@H](O)C1CC1. The number of hydrogen-bond acceptors (Lipinski definition) is 3. The zero-order valence-electron chi connectivity index (χ0n) is 6.04. The van der Waals surface area contributed by atoms with Crippen LogP contribution in [0.4, 0.5) is 0 Å². The highest BCUT2D eigenvalue weighted by Gasteiger charge is 2.35. The molecule has 10 heavy (non-hydrogen) atoms. The topological polar surface area (TPSA) is 46.5 Å². The van der Waals surface area contributed by atoms with Crippen LogP contribution in [0, 0.1) is 5.92 Å². The molecule has 0 aromatic heterocycles. The van der Waals surface area contributed by atoms with E-state index in [4.69, 9.17) is 5.11 Å². The Morgan fingerprint density at radius 2 is 2.40 bits per heavy atom. The van der Waals surface area contributed by atoms with Crippen molar-refractivity contribution >= 4 is 5.97 Å². The van der Waals surface area contributed by atoms with Crippen molar-refractivity contribution in [2.45, 2.75) is 25.9 Å². The smallest absolute Gasteiger partial charge is 0.335 e. The molecule has 1 rings (SSSR count). The normalized spacial score (nSPS) is 20.2. The van der Waals surface area contributed by atoms with Gasteiger partial charge >= 0.3 is 5.97 Å². The van der Waals surface area contributed by atoms with E-state index in [0.29, 0.717) is 6.61 Å². The first-order chi connectivity index (χ1) is 4.75. The van der Waals surface area contributed by atoms with Crippen molar-refractivity contribution in [1.29, 1.82) is 0 Å². The summed E-state index contributed by atoms with van der Waals surface area (Å²) in [5.74, 6) is -0.288. The van der Waals surface area contributed by atoms with Crippen LogP contribution in [0.5, 0.6) is 0 Å². The molecule has 0 unspecified atom stereocenters. The van der Waals surface area contributed by atoms with Gasteiger partial charge in [-0.15, -0.1) is 0 Å². The highest BCUT2D eigenvalue weighted by atomic mass is 16.5. The molecule has 0 aromatic carbocycles. The average Bonchev–Trinajstić information content (AvgIpc) is 2.68. The largest absolute Gasteiger partial charge is 0.464 e. The van der Waals surface area contributed by atoms with E-state index in [2.05, 4.69) is 4.74 Å². The maximum absolute atomic E-state index is 10.8. The lowest BCUT2D eigenvalue weighted by atomic mass is 10.2. The lowest BCUT2D eigenvalue weighted by Crippen LogP contribution is -2.24. The van der Waals surface area contributed by atoms with E-state index in [1.165, 1.54) is 0 Å². The number of aliphatic hydroxyl groups is 1. The van der Waals surface area contributed by atoms with Crippen molar-refractivity contribution in [2.75, 3.05) is 6.61 Å². The van der Waals surface area contributed by atoms with E-state index in [9.17, 15) is 4.79 Å². The Bertz CT molecular complexity index is 129. The lowest BCUT2D eigenvalue weighted by molar-refractivity contribution is -0.154. The molecule has 0 amide bonds. The second kappa shape index (κ2) is 3.01. The van der Waals surface area contributed by atoms with Crippen LogP contribution in [0.1, 0.15) is 19.8 Å². The van der Waals surface area contributed by atoms with Crippen LogP contribution in [0.2, 0.25) is 0 Å². The molecule has 0 aliphatic heterocycles. The Morgan fingerprint density at radius 3 is 2.80 bits per heavy atom. The molecule has 1 N–H and O–H groups in total. The van der Waals surface area contributed by atoms with Gasteiger partial charge in [0.15, 0.2) is 6.10 Å². The lowest BCUT2D eigenvalue weighted by Gasteiger charge is -2.06. The van der Waals surface area contributed by atoms with Gasteiger partial charge < -0.3 is 9.84 Å². The number of carbonyl (C=O) groups is 1. The molecule has 3 nitrogen and oxygen atoms in total. The third-order valence-corrected chi connectivity index (χ3v) is 1.60. The third-order valence-electron chi connectivity index (χ3n) is 1.60. The third kappa shape index (κ3) is 1.70. The van der Waals surface area contributed by atoms with Crippen molar-refractivity contribution in [3.63, 3.8) is 0 Å². The number of esters is 1. The fourth-order valence-corrected chi connectivity index (χ4v) is 0.832. The Labute approximate surface area is 60.0 Å². The zero-order valence-corrected chi connectivity index (χ0v) is 6.04. The van der Waals surface area contributed by atoms with E-state index >= 15 is 0 Å². The molecule has 1 fully saturated rings. The Morgan fingerprint density at radius 1 is 1.80 bits per heavy atom. The van der Waals surface area contributed by atoms with Crippen molar-refractivity contribution in [3.8, 4) is 0 Å². The fraction of sp³-hybridized carbons (Fsp3) is 0.857. The summed E-state index contributed by atoms with van der Waals surface area (Å²) >= 11 is 0. The first kappa shape index (κ1) is 7.54. The second-order valence-electron chi connectivity index (χ2n) is 2.53. The van der Waals surface area contributed by atoms with E-state index in [1.54, 1.807) is 6.92 Å². The molecular formula is C7H12O3. The molecule has 0 radical (unpaired) electrons. The van der Waals surface area contributed by atoms with Gasteiger partial charge in [0.05, 0.1) is 6.61 Å². The monoisotopic (exact) mass is 144 g/mol. The quantitative estimate of drug-likeness (QED) is 0.580. The summed E-state index contributed by atoms with van der Waals surface area (Å²) < 4.78 is 4.62. The first-order valence-electron chi connectivity index (χ1n) is 3.60. The summed E-state index contributed by atoms with van der Waals surface area (Å²) in [4.78, 5) is 10.8. The molecule has 58 valence electrons. The number of hydrogen-bond donors (Lipinski definition) is 1. The van der Waals surface area contributed by atoms with E-state index in [1.807, 2.05) is 0 Å². The van der Waals surface area contributed by atoms with Gasteiger partial charge in [-0.25, -0.2) is 4.79 Å². The molecule has 0 saturated heterocycles. The molecular weight excluding hydrogens is 132 g/mol. The zero-order chi connectivity index (χ0) is 7.56. The van der Waals surface area contributed by atoms with Gasteiger partial charge in [-0.2, -0.15) is 0 Å². The summed E-state index contributed by atoms with van der Waals surface area (Å²) in [6, 6.07) is 0. The Kier molecular flexibility index (Phi) is 2.27. The number of rotatable bonds is 3. The molecule has 0 heterocycles. The minimum atomic E-state index is -0.861. The second-order valence-corrected chi connectivity index (χ2v) is 2.53. The molecule has 0 bridgehead atoms. The van der Waals surface area contributed by atoms with Gasteiger partial charge in [-0.1, -0.05) is 0 Å². The summed E-state index contributed by atoms with van der Waals surface area (Å²) in [5, 5.41) is 9.11. The van der Waals surface area contributed by atoms with Gasteiger partial charge in [-0.05, 0) is 25.7 Å². The van der Waals surface area contributed by atoms with Crippen molar-refractivity contribution < 1.29 is 14.6 Å². The number of carbonyl (C=O) groups excluding carboxylic acids is 1. The molecule has 3 heteroatoms. The van der Waals surface area contributed by atoms with Crippen LogP contribution in [-0.4, -0.2) is 23.8 Å². The summed E-state index contributed by atoms with van der Waals surface area (Å²) in [6.45, 7) is 2.08. The average molecular weight is 144 g/mol. The van der Waals surface area contributed by atoms with Gasteiger partial charge in [0.1, 0.15) is 0 Å². The van der Waals surface area contributed by atoms with Crippen molar-refractivity contribution in [2.24, 2.45) is 5.92 Å². The van der Waals surface area contributed by atoms with Crippen LogP contribution >= 0.6 is 0 Å². The molecule has 1 atom stereocenters. The van der Waals surface area contributed by atoms with E-state index in [0.717, 1.165) is 12.8 Å². The Hall–Kier alpha value is -0.570. The van der Waals surface area contributed by atoms with Gasteiger partial charge in [-0.3, -0.25) is 0 Å². The van der Waals surface area contributed by atoms with Crippen LogP contribution in [-0.2, 0) is 9.53 Å². The summed E-state index contributed by atoms with van der Waals surface area (Å²) in [5.41, 5.74) is 0. The molecule has 1 aliphatic carbocycles. The van der Waals surface area contributed by atoms with Gasteiger partial charge in [0.25, 0.3) is 0 Å². The fourth-order valence-electron chi connectivity index (χ4n) is 0.832. The Balaban J connectivity index is 2.24. The van der Waals surface area contributed by atoms with E-state index < -0.39 is 12.1 Å². The summed E-state index contributed by atoms with van der Waals surface area (Å²) in [6.07, 6.45) is 1.06. The minimum absolute atomic E-state index is 0.180. The highest BCUT2D eigenvalue weighted by molar-refractivity contribution is 5.75. The maximum atomic E-state index is 10.8. The number of aliphatic hydroxyl groups excluding tert-OH is 1. The predicted octanol–water partition coefficient (Wildman–Crippen LogP) is 0.320. The van der Waals surface area contributed by atoms with Crippen LogP contribution in [0.15, 0.2) is 0 Å². The standard InChI is InChI=1S/C7H12O3/c1-2-10-7(9)6(8)5-3-4-5/h5-6,8H,2-4H2,1H3/t6-/m1/s1. The van der Waals surface area contributed by atoms with Crippen LogP contribution in [0.3, 0.4) is 0 Å². The van der Waals surface area contributed by atoms with Gasteiger partial charge in [0, 0.05) is 0 Å². The van der Waals surface area contributed by atoms with E-state index in [-0.39, 0.29) is 5.92 Å². The maximum Gasteiger partial charge on any atom is 0.335 e. The minimum Gasteiger partial charge on any atom is -0.464 e. The van der Waals surface area contributed by atoms with Crippen molar-refractivity contribution in [3.05, 3.63) is 0 Å². The predicted molar refractivity (Wildman–Crippen MR) is 35.4 cm³/mol. The van der Waals surface area contributed by atoms with Crippen LogP contribution < -0.4 is 0 Å². The van der Waals surface area contributed by atoms with Crippen molar-refractivity contribution in [1.82, 2.24) is 0 Å². The van der Waals surface area contributed by atoms with Gasteiger partial charge in [0.2, 0.25) is 0 Å². The molecule has 1 aliphatic rings. The molecule has 0 spiro atoms. The molecule has 1 saturated carbocycles. The first-order valence-corrected chi connectivity index (χ1v) is 3.60. The number of ether oxygens (including phenoxy) is 1. The molecule has 0 aromatic rings. The van der Waals surface area contributed by atoms with Crippen LogP contribution in [0.25, 0.3) is 0 Å². The summed E-state index contributed by atoms with van der Waals surface area (Å²) in [7, 11) is 0. The highest BCUT2D eigenvalue weighted by Crippen LogP contribution is 2.32.